The van der Waals surface area contributed by atoms with Crippen LogP contribution in [0.1, 0.15) is 33.1 Å². The van der Waals surface area contributed by atoms with Crippen molar-refractivity contribution >= 4 is 11.6 Å². The van der Waals surface area contributed by atoms with Crippen LogP contribution in [0.2, 0.25) is 0 Å². The fraction of sp³-hybridized carbons (Fsp3) is 0.269. The summed E-state index contributed by atoms with van der Waals surface area (Å²) in [5.74, 6) is -2.41. The van der Waals surface area contributed by atoms with Gasteiger partial charge in [-0.05, 0) is 53.4 Å². The predicted octanol–water partition coefficient (Wildman–Crippen LogP) is 4.56. The first-order valence-electron chi connectivity index (χ1n) is 10.7. The Kier molecular flexibility index (Phi) is 6.51. The summed E-state index contributed by atoms with van der Waals surface area (Å²) >= 11 is 0. The van der Waals surface area contributed by atoms with Gasteiger partial charge in [-0.3, -0.25) is 9.69 Å². The van der Waals surface area contributed by atoms with Crippen LogP contribution in [0, 0.1) is 11.6 Å². The summed E-state index contributed by atoms with van der Waals surface area (Å²) in [4.78, 5) is 17.0. The van der Waals surface area contributed by atoms with E-state index in [0.29, 0.717) is 6.54 Å². The van der Waals surface area contributed by atoms with E-state index in [9.17, 15) is 13.6 Å². The van der Waals surface area contributed by atoms with Crippen molar-refractivity contribution in [2.75, 3.05) is 32.1 Å². The number of rotatable bonds is 6. The SMILES string of the molecule is CN(C)c1ccc([C@H](CNC(=O)c2ccc(F)c(F)c2)N2CCc3ccccc3C2)cc1. The number of nitrogens with zero attached hydrogens (tertiary/aromatic N) is 2. The zero-order valence-corrected chi connectivity index (χ0v) is 18.3. The van der Waals surface area contributed by atoms with Crippen molar-refractivity contribution in [3.8, 4) is 0 Å². The highest BCUT2D eigenvalue weighted by atomic mass is 19.2. The molecule has 0 bridgehead atoms. The minimum atomic E-state index is -1.03. The monoisotopic (exact) mass is 435 g/mol. The van der Waals surface area contributed by atoms with Gasteiger partial charge in [-0.2, -0.15) is 0 Å². The lowest BCUT2D eigenvalue weighted by Gasteiger charge is -2.36. The summed E-state index contributed by atoms with van der Waals surface area (Å²) in [6, 6.07) is 19.9. The van der Waals surface area contributed by atoms with Crippen molar-refractivity contribution in [2.24, 2.45) is 0 Å². The van der Waals surface area contributed by atoms with Gasteiger partial charge in [-0.15, -0.1) is 0 Å². The third kappa shape index (κ3) is 4.81. The van der Waals surface area contributed by atoms with E-state index in [1.807, 2.05) is 25.1 Å². The van der Waals surface area contributed by atoms with Gasteiger partial charge in [0.15, 0.2) is 11.6 Å². The Morgan fingerprint density at radius 2 is 1.72 bits per heavy atom. The molecule has 1 N–H and O–H groups in total. The van der Waals surface area contributed by atoms with Crippen molar-refractivity contribution in [3.05, 3.63) is 101 Å². The average molecular weight is 436 g/mol. The van der Waals surface area contributed by atoms with Crippen molar-refractivity contribution in [3.63, 3.8) is 0 Å². The molecule has 166 valence electrons. The predicted molar refractivity (Wildman–Crippen MR) is 123 cm³/mol. The molecule has 0 spiro atoms. The van der Waals surface area contributed by atoms with E-state index >= 15 is 0 Å². The number of anilines is 1. The molecule has 0 aliphatic carbocycles. The number of fused-ring (bicyclic) bond motifs is 1. The standard InChI is InChI=1S/C26H27F2N3O/c1-30(2)22-10-7-19(8-11-22)25(31-14-13-18-5-3-4-6-21(18)17-31)16-29-26(32)20-9-12-23(27)24(28)15-20/h3-12,15,25H,13-14,16-17H2,1-2H3,(H,29,32)/t25-/m0/s1. The fourth-order valence-electron chi connectivity index (χ4n) is 4.16. The Bertz CT molecular complexity index is 1100. The van der Waals surface area contributed by atoms with E-state index in [1.165, 1.54) is 17.2 Å². The Labute approximate surface area is 187 Å². The largest absolute Gasteiger partial charge is 0.378 e. The van der Waals surface area contributed by atoms with Crippen molar-refractivity contribution in [1.29, 1.82) is 0 Å². The number of hydrogen-bond acceptors (Lipinski definition) is 3. The topological polar surface area (TPSA) is 35.6 Å². The van der Waals surface area contributed by atoms with Gasteiger partial charge in [-0.1, -0.05) is 36.4 Å². The van der Waals surface area contributed by atoms with Crippen LogP contribution in [0.15, 0.2) is 66.7 Å². The highest BCUT2D eigenvalue weighted by molar-refractivity contribution is 5.94. The first-order chi connectivity index (χ1) is 15.4. The molecule has 4 rings (SSSR count). The number of hydrogen-bond donors (Lipinski definition) is 1. The molecule has 32 heavy (non-hydrogen) atoms. The summed E-state index contributed by atoms with van der Waals surface area (Å²) < 4.78 is 26.8. The number of carbonyl (C=O) groups is 1. The summed E-state index contributed by atoms with van der Waals surface area (Å²) in [5.41, 5.74) is 4.95. The maximum absolute atomic E-state index is 13.6. The van der Waals surface area contributed by atoms with Crippen LogP contribution in [0.3, 0.4) is 0 Å². The third-order valence-corrected chi connectivity index (χ3v) is 6.03. The van der Waals surface area contributed by atoms with Gasteiger partial charge in [0.25, 0.3) is 5.91 Å². The average Bonchev–Trinajstić information content (AvgIpc) is 2.81. The molecule has 1 aliphatic rings. The molecule has 1 atom stereocenters. The summed E-state index contributed by atoms with van der Waals surface area (Å²) in [6.45, 7) is 2.02. The smallest absolute Gasteiger partial charge is 0.251 e. The van der Waals surface area contributed by atoms with Crippen molar-refractivity contribution in [1.82, 2.24) is 10.2 Å². The molecule has 0 saturated heterocycles. The van der Waals surface area contributed by atoms with Crippen LogP contribution in [-0.2, 0) is 13.0 Å². The van der Waals surface area contributed by atoms with Gasteiger partial charge in [0.05, 0.1) is 6.04 Å². The second kappa shape index (κ2) is 9.49. The Morgan fingerprint density at radius 1 is 1.00 bits per heavy atom. The van der Waals surface area contributed by atoms with Crippen molar-refractivity contribution in [2.45, 2.75) is 19.0 Å². The second-order valence-corrected chi connectivity index (χ2v) is 8.33. The van der Waals surface area contributed by atoms with Crippen LogP contribution in [0.4, 0.5) is 14.5 Å². The number of amides is 1. The van der Waals surface area contributed by atoms with E-state index in [1.54, 1.807) is 0 Å². The first kappa shape index (κ1) is 22.0. The van der Waals surface area contributed by atoms with Crippen LogP contribution < -0.4 is 10.2 Å². The zero-order chi connectivity index (χ0) is 22.7. The van der Waals surface area contributed by atoms with Gasteiger partial charge >= 0.3 is 0 Å². The van der Waals surface area contributed by atoms with Crippen LogP contribution >= 0.6 is 0 Å². The van der Waals surface area contributed by atoms with Crippen LogP contribution in [-0.4, -0.2) is 38.0 Å². The normalized spacial score (nSPS) is 14.5. The minimum Gasteiger partial charge on any atom is -0.378 e. The lowest BCUT2D eigenvalue weighted by molar-refractivity contribution is 0.0927. The van der Waals surface area contributed by atoms with E-state index in [0.717, 1.165) is 42.9 Å². The third-order valence-electron chi connectivity index (χ3n) is 6.03. The maximum Gasteiger partial charge on any atom is 0.251 e. The summed E-state index contributed by atoms with van der Waals surface area (Å²) in [5, 5.41) is 2.92. The van der Waals surface area contributed by atoms with E-state index < -0.39 is 17.5 Å². The Hall–Kier alpha value is -3.25. The summed E-state index contributed by atoms with van der Waals surface area (Å²) in [6.07, 6.45) is 0.944. The minimum absolute atomic E-state index is 0.0474. The maximum atomic E-state index is 13.6. The quantitative estimate of drug-likeness (QED) is 0.617. The lowest BCUT2D eigenvalue weighted by atomic mass is 9.96. The molecule has 0 unspecified atom stereocenters. The molecule has 0 saturated carbocycles. The molecule has 3 aromatic carbocycles. The van der Waals surface area contributed by atoms with Gasteiger partial charge in [0.2, 0.25) is 0 Å². The van der Waals surface area contributed by atoms with Gasteiger partial charge in [0.1, 0.15) is 0 Å². The van der Waals surface area contributed by atoms with E-state index in [2.05, 4.69) is 52.7 Å². The lowest BCUT2D eigenvalue weighted by Crippen LogP contribution is -2.40. The zero-order valence-electron chi connectivity index (χ0n) is 18.3. The Morgan fingerprint density at radius 3 is 2.41 bits per heavy atom. The van der Waals surface area contributed by atoms with Crippen molar-refractivity contribution < 1.29 is 13.6 Å². The molecule has 0 aromatic heterocycles. The van der Waals surface area contributed by atoms with E-state index in [-0.39, 0.29) is 11.6 Å². The highest BCUT2D eigenvalue weighted by Gasteiger charge is 2.25. The van der Waals surface area contributed by atoms with Crippen LogP contribution in [0.25, 0.3) is 0 Å². The van der Waals surface area contributed by atoms with Gasteiger partial charge < -0.3 is 10.2 Å². The van der Waals surface area contributed by atoms with Crippen LogP contribution in [0.5, 0.6) is 0 Å². The first-order valence-corrected chi connectivity index (χ1v) is 10.7. The van der Waals surface area contributed by atoms with E-state index in [4.69, 9.17) is 0 Å². The molecule has 0 radical (unpaired) electrons. The molecular formula is C26H27F2N3O. The molecule has 1 heterocycles. The number of carbonyl (C=O) groups excluding carboxylic acids is 1. The van der Waals surface area contributed by atoms with Gasteiger partial charge in [-0.25, -0.2) is 8.78 Å². The molecule has 4 nitrogen and oxygen atoms in total. The summed E-state index contributed by atoms with van der Waals surface area (Å²) in [7, 11) is 3.99. The number of halogens is 2. The molecule has 0 fully saturated rings. The van der Waals surface area contributed by atoms with Gasteiger partial charge in [0, 0.05) is 45.0 Å². The number of benzene rings is 3. The molecular weight excluding hydrogens is 408 g/mol. The molecule has 1 amide bonds. The fourth-order valence-corrected chi connectivity index (χ4v) is 4.16. The second-order valence-electron chi connectivity index (χ2n) is 8.33. The Balaban J connectivity index is 1.56. The highest BCUT2D eigenvalue weighted by Crippen LogP contribution is 2.29. The number of nitrogens with one attached hydrogen (secondary N) is 1. The molecule has 6 heteroatoms. The molecule has 1 aliphatic heterocycles. The molecule has 3 aromatic rings.